The lowest BCUT2D eigenvalue weighted by atomic mass is 9.65. The molecule has 0 bridgehead atoms. The van der Waals surface area contributed by atoms with E-state index in [1.54, 1.807) is 17.9 Å². The van der Waals surface area contributed by atoms with E-state index < -0.39 is 5.60 Å². The number of carbonyl (C=O) groups excluding carboxylic acids is 1. The molecule has 2 aromatic rings. The van der Waals surface area contributed by atoms with Crippen LogP contribution in [-0.4, -0.2) is 53.9 Å². The average molecular weight is 470 g/mol. The van der Waals surface area contributed by atoms with Gasteiger partial charge in [-0.2, -0.15) is 5.10 Å². The molecule has 3 heterocycles. The van der Waals surface area contributed by atoms with Gasteiger partial charge in [0.15, 0.2) is 5.52 Å². The standard InChI is InChI=1S/C26H39N5O3/c1-19(14-20-8-4-3-5-9-20)23(32)30-13-12-26(34,25(16-30)10-6-7-11-25)17-31-18-27-21-15-29(2)28-22(21)24(31)33/h15,18-20,34H,3-14,16-17H2,1-2H3/t19-,26?/m1/s1. The van der Waals surface area contributed by atoms with Crippen LogP contribution in [0.2, 0.25) is 0 Å². The lowest BCUT2D eigenvalue weighted by Gasteiger charge is -2.52. The molecular weight excluding hydrogens is 430 g/mol. The van der Waals surface area contributed by atoms with E-state index in [0.29, 0.717) is 36.5 Å². The Balaban J connectivity index is 1.34. The average Bonchev–Trinajstić information content (AvgIpc) is 3.45. The minimum absolute atomic E-state index is 0.0335. The molecule has 1 N–H and O–H groups in total. The number of hydrogen-bond acceptors (Lipinski definition) is 5. The molecule has 1 spiro atoms. The minimum Gasteiger partial charge on any atom is -0.387 e. The van der Waals surface area contributed by atoms with Crippen LogP contribution in [0, 0.1) is 17.3 Å². The van der Waals surface area contributed by atoms with Crippen molar-refractivity contribution in [1.82, 2.24) is 24.2 Å². The van der Waals surface area contributed by atoms with Crippen LogP contribution >= 0.6 is 0 Å². The Morgan fingerprint density at radius 1 is 1.18 bits per heavy atom. The quantitative estimate of drug-likeness (QED) is 0.726. The van der Waals surface area contributed by atoms with Gasteiger partial charge in [-0.15, -0.1) is 0 Å². The molecule has 34 heavy (non-hydrogen) atoms. The first-order chi connectivity index (χ1) is 16.3. The number of aryl methyl sites for hydroxylation is 1. The zero-order valence-corrected chi connectivity index (χ0v) is 20.7. The predicted molar refractivity (Wildman–Crippen MR) is 130 cm³/mol. The summed E-state index contributed by atoms with van der Waals surface area (Å²) in [5.41, 5.74) is -0.728. The third kappa shape index (κ3) is 4.18. The van der Waals surface area contributed by atoms with E-state index in [1.807, 2.05) is 4.90 Å². The van der Waals surface area contributed by atoms with Crippen molar-refractivity contribution in [2.45, 2.75) is 89.7 Å². The van der Waals surface area contributed by atoms with Crippen molar-refractivity contribution < 1.29 is 9.90 Å². The fraction of sp³-hybridized carbons (Fsp3) is 0.769. The zero-order valence-electron chi connectivity index (χ0n) is 20.7. The fourth-order valence-electron chi connectivity index (χ4n) is 7.06. The van der Waals surface area contributed by atoms with E-state index in [1.165, 1.54) is 43.0 Å². The summed E-state index contributed by atoms with van der Waals surface area (Å²) in [4.78, 5) is 33.0. The summed E-state index contributed by atoms with van der Waals surface area (Å²) in [5, 5.41) is 16.3. The Kier molecular flexibility index (Phi) is 6.29. The van der Waals surface area contributed by atoms with Gasteiger partial charge in [0.1, 0.15) is 5.52 Å². The highest BCUT2D eigenvalue weighted by molar-refractivity contribution is 5.78. The number of aromatic nitrogens is 4. The third-order valence-corrected chi connectivity index (χ3v) is 9.02. The highest BCUT2D eigenvalue weighted by atomic mass is 16.3. The van der Waals surface area contributed by atoms with Crippen LogP contribution in [-0.2, 0) is 18.4 Å². The van der Waals surface area contributed by atoms with E-state index in [9.17, 15) is 14.7 Å². The first-order valence-corrected chi connectivity index (χ1v) is 13.2. The first kappa shape index (κ1) is 23.5. The molecule has 0 aromatic carbocycles. The molecule has 186 valence electrons. The van der Waals surface area contributed by atoms with Crippen LogP contribution in [0.15, 0.2) is 17.3 Å². The Bertz CT molecular complexity index is 1100. The Morgan fingerprint density at radius 2 is 1.91 bits per heavy atom. The molecule has 1 amide bonds. The van der Waals surface area contributed by atoms with Crippen LogP contribution in [0.1, 0.15) is 77.6 Å². The van der Waals surface area contributed by atoms with Crippen LogP contribution in [0.4, 0.5) is 0 Å². The third-order valence-electron chi connectivity index (χ3n) is 9.02. The minimum atomic E-state index is -1.04. The molecule has 8 heteroatoms. The molecule has 2 atom stereocenters. The summed E-state index contributed by atoms with van der Waals surface area (Å²) >= 11 is 0. The molecule has 5 rings (SSSR count). The van der Waals surface area contributed by atoms with Crippen molar-refractivity contribution in [2.24, 2.45) is 24.3 Å². The maximum absolute atomic E-state index is 13.5. The topological polar surface area (TPSA) is 93.2 Å². The summed E-state index contributed by atoms with van der Waals surface area (Å²) < 4.78 is 3.12. The van der Waals surface area contributed by atoms with E-state index in [2.05, 4.69) is 17.0 Å². The number of nitrogens with zero attached hydrogens (tertiary/aromatic N) is 5. The van der Waals surface area contributed by atoms with Crippen LogP contribution in [0.25, 0.3) is 11.0 Å². The van der Waals surface area contributed by atoms with E-state index in [-0.39, 0.29) is 29.3 Å². The molecule has 2 saturated carbocycles. The summed E-state index contributed by atoms with van der Waals surface area (Å²) in [6.45, 7) is 3.42. The van der Waals surface area contributed by atoms with Crippen molar-refractivity contribution >= 4 is 16.9 Å². The molecule has 1 unspecified atom stereocenters. The van der Waals surface area contributed by atoms with Crippen LogP contribution in [0.3, 0.4) is 0 Å². The van der Waals surface area contributed by atoms with Crippen molar-refractivity contribution in [3.05, 3.63) is 22.9 Å². The number of carbonyl (C=O) groups is 1. The molecule has 3 fully saturated rings. The van der Waals surface area contributed by atoms with Gasteiger partial charge in [0.2, 0.25) is 5.91 Å². The lowest BCUT2D eigenvalue weighted by Crippen LogP contribution is -2.62. The van der Waals surface area contributed by atoms with Gasteiger partial charge in [0.05, 0.1) is 24.7 Å². The number of rotatable bonds is 5. The van der Waals surface area contributed by atoms with E-state index >= 15 is 0 Å². The van der Waals surface area contributed by atoms with Gasteiger partial charge in [-0.1, -0.05) is 51.9 Å². The Morgan fingerprint density at radius 3 is 2.65 bits per heavy atom. The fourth-order valence-corrected chi connectivity index (χ4v) is 7.06. The summed E-state index contributed by atoms with van der Waals surface area (Å²) in [5.74, 6) is 0.953. The maximum atomic E-state index is 13.5. The van der Waals surface area contributed by atoms with Gasteiger partial charge in [0.25, 0.3) is 5.56 Å². The summed E-state index contributed by atoms with van der Waals surface area (Å²) in [6, 6.07) is 0. The number of amides is 1. The highest BCUT2D eigenvalue weighted by Gasteiger charge is 2.55. The zero-order chi connectivity index (χ0) is 23.9. The van der Waals surface area contributed by atoms with Gasteiger partial charge in [-0.25, -0.2) is 4.98 Å². The monoisotopic (exact) mass is 469 g/mol. The van der Waals surface area contributed by atoms with E-state index in [4.69, 9.17) is 0 Å². The largest absolute Gasteiger partial charge is 0.387 e. The number of aliphatic hydroxyl groups is 1. The molecule has 2 aromatic heterocycles. The highest BCUT2D eigenvalue weighted by Crippen LogP contribution is 2.51. The smallest absolute Gasteiger partial charge is 0.281 e. The molecule has 0 radical (unpaired) electrons. The lowest BCUT2D eigenvalue weighted by molar-refractivity contribution is -0.163. The van der Waals surface area contributed by atoms with Gasteiger partial charge in [-0.05, 0) is 31.6 Å². The van der Waals surface area contributed by atoms with Crippen LogP contribution in [0.5, 0.6) is 0 Å². The summed E-state index contributed by atoms with van der Waals surface area (Å²) in [6.07, 6.45) is 15.0. The second kappa shape index (κ2) is 9.10. The normalized spacial score (nSPS) is 26.4. The maximum Gasteiger partial charge on any atom is 0.281 e. The SMILES string of the molecule is C[C@H](CC1CCCCC1)C(=O)N1CCC(O)(Cn2cnc3cn(C)nc3c2=O)C2(CCCC2)C1. The second-order valence-corrected chi connectivity index (χ2v) is 11.4. The Hall–Kier alpha value is -2.22. The van der Waals surface area contributed by atoms with Crippen molar-refractivity contribution in [2.75, 3.05) is 13.1 Å². The van der Waals surface area contributed by atoms with Gasteiger partial charge < -0.3 is 10.0 Å². The van der Waals surface area contributed by atoms with E-state index in [0.717, 1.165) is 32.1 Å². The molecule has 1 saturated heterocycles. The number of piperidine rings is 1. The second-order valence-electron chi connectivity index (χ2n) is 11.4. The van der Waals surface area contributed by atoms with Gasteiger partial charge >= 0.3 is 0 Å². The Labute approximate surface area is 201 Å². The predicted octanol–water partition coefficient (Wildman–Crippen LogP) is 3.26. The first-order valence-electron chi connectivity index (χ1n) is 13.2. The molecular formula is C26H39N5O3. The summed E-state index contributed by atoms with van der Waals surface area (Å²) in [7, 11) is 1.77. The number of fused-ring (bicyclic) bond motifs is 1. The van der Waals surface area contributed by atoms with Crippen molar-refractivity contribution in [3.63, 3.8) is 0 Å². The van der Waals surface area contributed by atoms with Crippen molar-refractivity contribution in [3.8, 4) is 0 Å². The molecule has 8 nitrogen and oxygen atoms in total. The molecule has 1 aliphatic heterocycles. The van der Waals surface area contributed by atoms with Gasteiger partial charge in [0, 0.05) is 31.5 Å². The molecule has 2 aliphatic carbocycles. The van der Waals surface area contributed by atoms with Crippen LogP contribution < -0.4 is 5.56 Å². The van der Waals surface area contributed by atoms with Gasteiger partial charge in [-0.3, -0.25) is 18.8 Å². The number of hydrogen-bond donors (Lipinski definition) is 1. The van der Waals surface area contributed by atoms with Crippen molar-refractivity contribution in [1.29, 1.82) is 0 Å². The number of likely N-dealkylation sites (tertiary alicyclic amines) is 1. The molecule has 3 aliphatic rings.